The average Bonchev–Trinajstić information content (AvgIpc) is 2.58. The van der Waals surface area contributed by atoms with Crippen molar-refractivity contribution in [1.82, 2.24) is 9.78 Å². The third-order valence-electron chi connectivity index (χ3n) is 2.11. The highest BCUT2D eigenvalue weighted by atomic mass is 16.3. The predicted octanol–water partition coefficient (Wildman–Crippen LogP) is 0.153. The maximum Gasteiger partial charge on any atom is 0.281 e. The summed E-state index contributed by atoms with van der Waals surface area (Å²) in [5, 5.41) is 11.5. The smallest absolute Gasteiger partial charge is 0.281 e. The number of nitrogens with one attached hydrogen (secondary N) is 1. The molecule has 4 N–H and O–H groups in total. The van der Waals surface area contributed by atoms with Crippen LogP contribution in [-0.2, 0) is 0 Å². The Labute approximate surface area is 89.9 Å². The number of para-hydroxylation sites is 1. The van der Waals surface area contributed by atoms with Gasteiger partial charge in [0.2, 0.25) is 5.88 Å². The van der Waals surface area contributed by atoms with Gasteiger partial charge in [0.1, 0.15) is 0 Å². The number of nitrogens with two attached hydrogens (primary N) is 1. The number of hydrogen-bond donors (Lipinski definition) is 3. The van der Waals surface area contributed by atoms with E-state index < -0.39 is 17.3 Å². The Hall–Kier alpha value is -2.50. The molecule has 82 valence electrons. The van der Waals surface area contributed by atoms with Crippen LogP contribution in [0.3, 0.4) is 0 Å². The molecule has 2 rings (SSSR count). The zero-order valence-electron chi connectivity index (χ0n) is 8.18. The van der Waals surface area contributed by atoms with Crippen molar-refractivity contribution >= 4 is 11.6 Å². The lowest BCUT2D eigenvalue weighted by molar-refractivity contribution is 0.0935. The molecule has 0 fully saturated rings. The number of rotatable bonds is 1. The Morgan fingerprint density at radius 2 is 2.06 bits per heavy atom. The molecule has 0 bridgehead atoms. The normalized spacial score (nSPS) is 10.2. The Morgan fingerprint density at radius 1 is 1.38 bits per heavy atom. The number of nitrogens with zero attached hydrogens (tertiary/aromatic N) is 1. The molecular formula is C10H9N3O3. The van der Waals surface area contributed by atoms with E-state index in [1.165, 1.54) is 6.07 Å². The van der Waals surface area contributed by atoms with Crippen molar-refractivity contribution in [2.75, 3.05) is 5.73 Å². The van der Waals surface area contributed by atoms with E-state index in [2.05, 4.69) is 5.10 Å². The quantitative estimate of drug-likeness (QED) is 0.594. The molecular weight excluding hydrogens is 210 g/mol. The number of nitrogen functional groups attached to an aromatic ring is 1. The number of aromatic hydroxyl groups is 1. The second kappa shape index (κ2) is 3.58. The van der Waals surface area contributed by atoms with Gasteiger partial charge in [-0.2, -0.15) is 4.68 Å². The molecule has 0 saturated heterocycles. The number of anilines is 1. The van der Waals surface area contributed by atoms with Crippen molar-refractivity contribution < 1.29 is 9.90 Å². The van der Waals surface area contributed by atoms with E-state index in [0.29, 0.717) is 0 Å². The molecule has 0 aliphatic heterocycles. The zero-order chi connectivity index (χ0) is 11.7. The summed E-state index contributed by atoms with van der Waals surface area (Å²) in [5.74, 6) is -1.03. The molecule has 0 radical (unpaired) electrons. The molecule has 0 unspecified atom stereocenters. The van der Waals surface area contributed by atoms with Crippen LogP contribution in [-0.4, -0.2) is 20.8 Å². The van der Waals surface area contributed by atoms with Crippen molar-refractivity contribution in [3.8, 4) is 5.88 Å². The number of aromatic nitrogens is 2. The van der Waals surface area contributed by atoms with Crippen LogP contribution in [0.2, 0.25) is 0 Å². The molecule has 2 aromatic rings. The highest BCUT2D eigenvalue weighted by molar-refractivity contribution is 6.00. The van der Waals surface area contributed by atoms with E-state index in [4.69, 9.17) is 5.73 Å². The van der Waals surface area contributed by atoms with Gasteiger partial charge in [0.25, 0.3) is 11.5 Å². The Kier molecular flexibility index (Phi) is 2.24. The van der Waals surface area contributed by atoms with Crippen LogP contribution in [0.1, 0.15) is 10.4 Å². The SMILES string of the molecule is Nc1ccccc1C(=O)n1[nH]c(=O)cc1O. The minimum Gasteiger partial charge on any atom is -0.493 e. The molecule has 0 atom stereocenters. The maximum absolute atomic E-state index is 11.9. The fourth-order valence-corrected chi connectivity index (χ4v) is 1.35. The van der Waals surface area contributed by atoms with Gasteiger partial charge in [0.05, 0.1) is 11.6 Å². The number of carbonyl (C=O) groups excluding carboxylic acids is 1. The van der Waals surface area contributed by atoms with Crippen LogP contribution < -0.4 is 11.3 Å². The van der Waals surface area contributed by atoms with Crippen LogP contribution in [0.4, 0.5) is 5.69 Å². The van der Waals surface area contributed by atoms with Crippen molar-refractivity contribution in [2.24, 2.45) is 0 Å². The Bertz CT molecular complexity index is 597. The van der Waals surface area contributed by atoms with Crippen LogP contribution in [0.25, 0.3) is 0 Å². The topological polar surface area (TPSA) is 101 Å². The lowest BCUT2D eigenvalue weighted by Gasteiger charge is -2.05. The number of hydrogen-bond acceptors (Lipinski definition) is 4. The van der Waals surface area contributed by atoms with Gasteiger partial charge in [0.15, 0.2) is 0 Å². The highest BCUT2D eigenvalue weighted by Gasteiger charge is 2.15. The molecule has 0 aliphatic rings. The van der Waals surface area contributed by atoms with Gasteiger partial charge in [-0.25, -0.2) is 0 Å². The van der Waals surface area contributed by atoms with Crippen molar-refractivity contribution in [3.63, 3.8) is 0 Å². The minimum atomic E-state index is -0.585. The van der Waals surface area contributed by atoms with Gasteiger partial charge in [0, 0.05) is 5.69 Å². The van der Waals surface area contributed by atoms with Gasteiger partial charge in [-0.1, -0.05) is 12.1 Å². The molecule has 6 nitrogen and oxygen atoms in total. The summed E-state index contributed by atoms with van der Waals surface area (Å²) in [6.07, 6.45) is 0. The monoisotopic (exact) mass is 219 g/mol. The highest BCUT2D eigenvalue weighted by Crippen LogP contribution is 2.14. The van der Waals surface area contributed by atoms with E-state index in [-0.39, 0.29) is 11.3 Å². The fraction of sp³-hybridized carbons (Fsp3) is 0. The second-order valence-corrected chi connectivity index (χ2v) is 3.21. The van der Waals surface area contributed by atoms with E-state index >= 15 is 0 Å². The fourth-order valence-electron chi connectivity index (χ4n) is 1.35. The lowest BCUT2D eigenvalue weighted by Crippen LogP contribution is -2.17. The lowest BCUT2D eigenvalue weighted by atomic mass is 10.2. The summed E-state index contributed by atoms with van der Waals surface area (Å²) in [4.78, 5) is 22.8. The summed E-state index contributed by atoms with van der Waals surface area (Å²) >= 11 is 0. The summed E-state index contributed by atoms with van der Waals surface area (Å²) < 4.78 is 0.744. The molecule has 1 heterocycles. The number of H-pyrrole nitrogens is 1. The van der Waals surface area contributed by atoms with Gasteiger partial charge < -0.3 is 10.8 Å². The van der Waals surface area contributed by atoms with E-state index in [9.17, 15) is 14.7 Å². The van der Waals surface area contributed by atoms with Gasteiger partial charge in [-0.15, -0.1) is 0 Å². The molecule has 0 aliphatic carbocycles. The number of aromatic amines is 1. The number of carbonyl (C=O) groups is 1. The molecule has 16 heavy (non-hydrogen) atoms. The van der Waals surface area contributed by atoms with E-state index in [1.807, 2.05) is 0 Å². The van der Waals surface area contributed by atoms with Crippen LogP contribution in [0.15, 0.2) is 35.1 Å². The molecule has 0 amide bonds. The Morgan fingerprint density at radius 3 is 2.62 bits per heavy atom. The summed E-state index contributed by atoms with van der Waals surface area (Å²) in [6, 6.07) is 7.31. The van der Waals surface area contributed by atoms with Crippen LogP contribution in [0.5, 0.6) is 5.88 Å². The molecule has 1 aromatic carbocycles. The van der Waals surface area contributed by atoms with Gasteiger partial charge >= 0.3 is 0 Å². The third kappa shape index (κ3) is 1.56. The van der Waals surface area contributed by atoms with Crippen LogP contribution in [0, 0.1) is 0 Å². The maximum atomic E-state index is 11.9. The van der Waals surface area contributed by atoms with Crippen LogP contribution >= 0.6 is 0 Å². The van der Waals surface area contributed by atoms with Gasteiger partial charge in [-0.3, -0.25) is 14.7 Å². The predicted molar refractivity (Wildman–Crippen MR) is 57.3 cm³/mol. The standard InChI is InChI=1S/C10H9N3O3/c11-7-4-2-1-3-6(7)10(16)13-9(15)5-8(14)12-13/h1-5,15H,11H2,(H,12,14). The first kappa shape index (κ1) is 10.0. The second-order valence-electron chi connectivity index (χ2n) is 3.21. The average molecular weight is 219 g/mol. The first-order valence-corrected chi connectivity index (χ1v) is 4.50. The summed E-state index contributed by atoms with van der Waals surface area (Å²) in [5.41, 5.74) is 5.54. The molecule has 0 saturated carbocycles. The van der Waals surface area contributed by atoms with E-state index in [1.54, 1.807) is 18.2 Å². The number of benzene rings is 1. The third-order valence-corrected chi connectivity index (χ3v) is 2.11. The molecule has 6 heteroatoms. The minimum absolute atomic E-state index is 0.213. The van der Waals surface area contributed by atoms with Gasteiger partial charge in [-0.05, 0) is 12.1 Å². The van der Waals surface area contributed by atoms with E-state index in [0.717, 1.165) is 10.7 Å². The Balaban J connectivity index is 2.51. The largest absolute Gasteiger partial charge is 0.493 e. The first-order valence-electron chi connectivity index (χ1n) is 4.50. The summed E-state index contributed by atoms with van der Waals surface area (Å²) in [6.45, 7) is 0. The molecule has 0 spiro atoms. The first-order chi connectivity index (χ1) is 7.59. The molecule has 1 aromatic heterocycles. The van der Waals surface area contributed by atoms with Crippen molar-refractivity contribution in [2.45, 2.75) is 0 Å². The zero-order valence-corrected chi connectivity index (χ0v) is 8.18. The van der Waals surface area contributed by atoms with Crippen molar-refractivity contribution in [3.05, 3.63) is 46.2 Å². The summed E-state index contributed by atoms with van der Waals surface area (Å²) in [7, 11) is 0. The van der Waals surface area contributed by atoms with Crippen molar-refractivity contribution in [1.29, 1.82) is 0 Å².